The van der Waals surface area contributed by atoms with Crippen LogP contribution < -0.4 is 4.74 Å². The van der Waals surface area contributed by atoms with E-state index in [2.05, 4.69) is 6.07 Å². The van der Waals surface area contributed by atoms with E-state index in [9.17, 15) is 4.79 Å². The normalized spacial score (nSPS) is 18.7. The lowest BCUT2D eigenvalue weighted by molar-refractivity contribution is -0.156. The van der Waals surface area contributed by atoms with Crippen LogP contribution in [0.5, 0.6) is 5.75 Å². The Labute approximate surface area is 154 Å². The molecule has 3 rings (SSSR count). The van der Waals surface area contributed by atoms with E-state index in [1.54, 1.807) is 12.1 Å². The summed E-state index contributed by atoms with van der Waals surface area (Å²) in [5, 5.41) is 8.81. The van der Waals surface area contributed by atoms with Crippen LogP contribution in [0.15, 0.2) is 48.5 Å². The van der Waals surface area contributed by atoms with Crippen LogP contribution in [0.4, 0.5) is 0 Å². The Hall–Kier alpha value is -2.80. The number of hydrogen-bond acceptors (Lipinski definition) is 4. The molecule has 26 heavy (non-hydrogen) atoms. The van der Waals surface area contributed by atoms with Crippen LogP contribution in [0.1, 0.15) is 49.8 Å². The molecule has 134 valence electrons. The van der Waals surface area contributed by atoms with Crippen molar-refractivity contribution in [1.29, 1.82) is 5.26 Å². The summed E-state index contributed by atoms with van der Waals surface area (Å²) in [6.07, 6.45) is 0.848. The van der Waals surface area contributed by atoms with Gasteiger partial charge in [-0.25, -0.2) is 0 Å². The van der Waals surface area contributed by atoms with E-state index < -0.39 is 5.60 Å². The van der Waals surface area contributed by atoms with Crippen LogP contribution >= 0.6 is 0 Å². The highest BCUT2D eigenvalue weighted by molar-refractivity contribution is 5.77. The number of esters is 1. The van der Waals surface area contributed by atoms with Crippen molar-refractivity contribution < 1.29 is 14.3 Å². The zero-order valence-electron chi connectivity index (χ0n) is 15.4. The van der Waals surface area contributed by atoms with Crippen molar-refractivity contribution in [1.82, 2.24) is 0 Å². The SMILES string of the molecule is CC(C)(C)OC(=O)C1C[C@H]1c1ccc(OCc2ccc(C#N)cc2)cc1. The fraction of sp³-hybridized carbons (Fsp3) is 0.364. The first-order chi connectivity index (χ1) is 12.4. The smallest absolute Gasteiger partial charge is 0.310 e. The number of carbonyl (C=O) groups is 1. The zero-order chi connectivity index (χ0) is 18.7. The molecule has 0 bridgehead atoms. The van der Waals surface area contributed by atoms with Crippen molar-refractivity contribution in [3.63, 3.8) is 0 Å². The van der Waals surface area contributed by atoms with Crippen molar-refractivity contribution in [2.45, 2.75) is 45.3 Å². The Morgan fingerprint density at radius 3 is 2.35 bits per heavy atom. The minimum atomic E-state index is -0.437. The Morgan fingerprint density at radius 2 is 1.77 bits per heavy atom. The zero-order valence-corrected chi connectivity index (χ0v) is 15.4. The molecule has 2 aromatic carbocycles. The lowest BCUT2D eigenvalue weighted by Crippen LogP contribution is -2.25. The van der Waals surface area contributed by atoms with E-state index >= 15 is 0 Å². The second-order valence-corrected chi connectivity index (χ2v) is 7.65. The minimum Gasteiger partial charge on any atom is -0.489 e. The number of nitrogens with zero attached hydrogens (tertiary/aromatic N) is 1. The number of benzene rings is 2. The van der Waals surface area contributed by atoms with Crippen LogP contribution in [-0.4, -0.2) is 11.6 Å². The second-order valence-electron chi connectivity index (χ2n) is 7.65. The summed E-state index contributed by atoms with van der Waals surface area (Å²) in [5.74, 6) is 0.897. The van der Waals surface area contributed by atoms with Gasteiger partial charge in [0.15, 0.2) is 0 Å². The molecule has 0 N–H and O–H groups in total. The molecule has 1 unspecified atom stereocenters. The van der Waals surface area contributed by atoms with Gasteiger partial charge in [0.1, 0.15) is 18.0 Å². The Morgan fingerprint density at radius 1 is 1.12 bits per heavy atom. The van der Waals surface area contributed by atoms with Crippen molar-refractivity contribution >= 4 is 5.97 Å². The monoisotopic (exact) mass is 349 g/mol. The van der Waals surface area contributed by atoms with E-state index in [4.69, 9.17) is 14.7 Å². The molecule has 4 heteroatoms. The average molecular weight is 349 g/mol. The van der Waals surface area contributed by atoms with Gasteiger partial charge in [-0.2, -0.15) is 5.26 Å². The molecule has 2 aromatic rings. The van der Waals surface area contributed by atoms with Gasteiger partial charge in [0.2, 0.25) is 0 Å². The topological polar surface area (TPSA) is 59.3 Å². The first kappa shape index (κ1) is 18.0. The fourth-order valence-electron chi connectivity index (χ4n) is 2.85. The summed E-state index contributed by atoms with van der Waals surface area (Å²) in [4.78, 5) is 12.1. The van der Waals surface area contributed by atoms with E-state index in [1.165, 1.54) is 0 Å². The highest BCUT2D eigenvalue weighted by atomic mass is 16.6. The van der Waals surface area contributed by atoms with Gasteiger partial charge >= 0.3 is 5.97 Å². The molecule has 2 atom stereocenters. The first-order valence-corrected chi connectivity index (χ1v) is 8.80. The van der Waals surface area contributed by atoms with E-state index in [0.717, 1.165) is 23.3 Å². The molecular formula is C22H23NO3. The predicted molar refractivity (Wildman–Crippen MR) is 98.6 cm³/mol. The summed E-state index contributed by atoms with van der Waals surface area (Å²) in [5.41, 5.74) is 2.36. The van der Waals surface area contributed by atoms with Crippen LogP contribution in [0.2, 0.25) is 0 Å². The molecule has 0 spiro atoms. The summed E-state index contributed by atoms with van der Waals surface area (Å²) in [6, 6.07) is 17.4. The maximum absolute atomic E-state index is 12.1. The molecule has 4 nitrogen and oxygen atoms in total. The van der Waals surface area contributed by atoms with Gasteiger partial charge in [0.25, 0.3) is 0 Å². The average Bonchev–Trinajstić information content (AvgIpc) is 3.40. The molecule has 0 saturated heterocycles. The highest BCUT2D eigenvalue weighted by Gasteiger charge is 2.46. The van der Waals surface area contributed by atoms with Gasteiger partial charge in [-0.15, -0.1) is 0 Å². The van der Waals surface area contributed by atoms with Gasteiger partial charge in [0.05, 0.1) is 17.6 Å². The highest BCUT2D eigenvalue weighted by Crippen LogP contribution is 2.48. The summed E-state index contributed by atoms with van der Waals surface area (Å²) >= 11 is 0. The van der Waals surface area contributed by atoms with Gasteiger partial charge in [0, 0.05) is 0 Å². The molecule has 0 aromatic heterocycles. The Balaban J connectivity index is 1.53. The third kappa shape index (κ3) is 4.64. The van der Waals surface area contributed by atoms with E-state index in [1.807, 2.05) is 57.2 Å². The molecule has 1 aliphatic rings. The molecular weight excluding hydrogens is 326 g/mol. The maximum atomic E-state index is 12.1. The number of carbonyl (C=O) groups excluding carboxylic acids is 1. The van der Waals surface area contributed by atoms with Crippen molar-refractivity contribution in [2.75, 3.05) is 0 Å². The number of ether oxygens (including phenoxy) is 2. The fourth-order valence-corrected chi connectivity index (χ4v) is 2.85. The van der Waals surface area contributed by atoms with Crippen LogP contribution in [-0.2, 0) is 16.1 Å². The molecule has 0 heterocycles. The summed E-state index contributed by atoms with van der Waals surface area (Å²) in [6.45, 7) is 6.13. The van der Waals surface area contributed by atoms with Crippen LogP contribution in [0.3, 0.4) is 0 Å². The standard InChI is InChI=1S/C22H23NO3/c1-22(2,3)26-21(24)20-12-19(20)17-8-10-18(11-9-17)25-14-16-6-4-15(13-23)5-7-16/h4-11,19-20H,12,14H2,1-3H3/t19-,20?/m0/s1. The maximum Gasteiger partial charge on any atom is 0.310 e. The van der Waals surface area contributed by atoms with Gasteiger partial charge < -0.3 is 9.47 Å². The molecule has 1 aliphatic carbocycles. The third-order valence-electron chi connectivity index (χ3n) is 4.30. The number of rotatable bonds is 5. The summed E-state index contributed by atoms with van der Waals surface area (Å²) in [7, 11) is 0. The predicted octanol–water partition coefficient (Wildman–Crippen LogP) is 4.58. The molecule has 0 radical (unpaired) electrons. The molecule has 1 fully saturated rings. The quantitative estimate of drug-likeness (QED) is 0.741. The van der Waals surface area contributed by atoms with E-state index in [0.29, 0.717) is 12.2 Å². The largest absolute Gasteiger partial charge is 0.489 e. The Bertz CT molecular complexity index is 810. The van der Waals surface area contributed by atoms with Crippen molar-refractivity contribution in [3.05, 3.63) is 65.2 Å². The van der Waals surface area contributed by atoms with Gasteiger partial charge in [-0.05, 0) is 68.5 Å². The molecule has 1 saturated carbocycles. The van der Waals surface area contributed by atoms with Gasteiger partial charge in [-0.1, -0.05) is 24.3 Å². The first-order valence-electron chi connectivity index (χ1n) is 8.80. The van der Waals surface area contributed by atoms with Crippen LogP contribution in [0, 0.1) is 17.2 Å². The number of hydrogen-bond donors (Lipinski definition) is 0. The third-order valence-corrected chi connectivity index (χ3v) is 4.30. The van der Waals surface area contributed by atoms with Crippen LogP contribution in [0.25, 0.3) is 0 Å². The second kappa shape index (κ2) is 7.21. The lowest BCUT2D eigenvalue weighted by Gasteiger charge is -2.19. The van der Waals surface area contributed by atoms with Crippen molar-refractivity contribution in [2.24, 2.45) is 5.92 Å². The summed E-state index contributed by atoms with van der Waals surface area (Å²) < 4.78 is 11.2. The van der Waals surface area contributed by atoms with Crippen molar-refractivity contribution in [3.8, 4) is 11.8 Å². The number of nitriles is 1. The molecule has 0 amide bonds. The Kier molecular flexibility index (Phi) is 4.99. The van der Waals surface area contributed by atoms with Gasteiger partial charge in [-0.3, -0.25) is 4.79 Å². The molecule has 0 aliphatic heterocycles. The van der Waals surface area contributed by atoms with E-state index in [-0.39, 0.29) is 17.8 Å². The lowest BCUT2D eigenvalue weighted by atomic mass is 10.1. The minimum absolute atomic E-state index is 0.0281.